The highest BCUT2D eigenvalue weighted by atomic mass is 16.5. The molecular formula is C25H25NO5. The highest BCUT2D eigenvalue weighted by molar-refractivity contribution is 6.09. The topological polar surface area (TPSA) is 85.2 Å². The maximum absolute atomic E-state index is 13.5. The number of allylic oxidation sites excluding steroid dienone is 2. The minimum Gasteiger partial charge on any atom is -0.508 e. The Morgan fingerprint density at radius 3 is 2.58 bits per heavy atom. The summed E-state index contributed by atoms with van der Waals surface area (Å²) in [4.78, 5) is 30.8. The number of benzene rings is 2. The molecule has 6 heteroatoms. The van der Waals surface area contributed by atoms with Crippen LogP contribution in [0.3, 0.4) is 0 Å². The first-order valence-corrected chi connectivity index (χ1v) is 10.3. The third-order valence-corrected chi connectivity index (χ3v) is 6.15. The molecule has 0 amide bonds. The molecule has 1 unspecified atom stereocenters. The molecule has 4 rings (SSSR count). The molecule has 0 saturated heterocycles. The monoisotopic (exact) mass is 419 g/mol. The lowest BCUT2D eigenvalue weighted by atomic mass is 9.69. The largest absolute Gasteiger partial charge is 0.508 e. The van der Waals surface area contributed by atoms with Crippen LogP contribution in [0.5, 0.6) is 11.5 Å². The SMILES string of the molecule is COC(=O)C1C(C)=NC2=C(C(=O)C[C@H](c3ccccc3OC)C2)[C@H]1c1cccc(O)c1. The van der Waals surface area contributed by atoms with Crippen molar-refractivity contribution < 1.29 is 24.2 Å². The van der Waals surface area contributed by atoms with Crippen LogP contribution in [0, 0.1) is 5.92 Å². The second-order valence-corrected chi connectivity index (χ2v) is 7.96. The average molecular weight is 419 g/mol. The molecule has 1 aliphatic carbocycles. The number of aromatic hydroxyl groups is 1. The Morgan fingerprint density at radius 1 is 1.10 bits per heavy atom. The Bertz CT molecular complexity index is 1100. The van der Waals surface area contributed by atoms with Crippen LogP contribution in [0.2, 0.25) is 0 Å². The van der Waals surface area contributed by atoms with Gasteiger partial charge < -0.3 is 14.6 Å². The highest BCUT2D eigenvalue weighted by Crippen LogP contribution is 2.48. The molecule has 1 aliphatic heterocycles. The number of carbonyl (C=O) groups excluding carboxylic acids is 2. The summed E-state index contributed by atoms with van der Waals surface area (Å²) in [5.74, 6) is -0.971. The van der Waals surface area contributed by atoms with Crippen molar-refractivity contribution in [1.82, 2.24) is 0 Å². The van der Waals surface area contributed by atoms with Crippen molar-refractivity contribution in [2.24, 2.45) is 10.9 Å². The van der Waals surface area contributed by atoms with Crippen molar-refractivity contribution in [3.05, 3.63) is 70.9 Å². The van der Waals surface area contributed by atoms with E-state index in [-0.39, 0.29) is 17.5 Å². The molecule has 1 N–H and O–H groups in total. The molecule has 1 heterocycles. The van der Waals surface area contributed by atoms with Crippen molar-refractivity contribution >= 4 is 17.5 Å². The Kier molecular flexibility index (Phi) is 5.63. The van der Waals surface area contributed by atoms with Gasteiger partial charge in [-0.05, 0) is 42.7 Å². The number of aliphatic imine (C=N–C) groups is 1. The van der Waals surface area contributed by atoms with E-state index in [1.54, 1.807) is 32.2 Å². The van der Waals surface area contributed by atoms with Crippen LogP contribution in [0.15, 0.2) is 64.8 Å². The summed E-state index contributed by atoms with van der Waals surface area (Å²) in [5.41, 5.74) is 3.51. The van der Waals surface area contributed by atoms with E-state index in [9.17, 15) is 14.7 Å². The second kappa shape index (κ2) is 8.38. The maximum Gasteiger partial charge on any atom is 0.315 e. The first kappa shape index (κ1) is 20.8. The molecule has 0 aromatic heterocycles. The molecule has 0 spiro atoms. The molecule has 2 aromatic carbocycles. The third-order valence-electron chi connectivity index (χ3n) is 6.15. The number of hydrogen-bond acceptors (Lipinski definition) is 6. The number of phenols is 1. The minimum atomic E-state index is -0.711. The van der Waals surface area contributed by atoms with Gasteiger partial charge in [-0.3, -0.25) is 14.6 Å². The van der Waals surface area contributed by atoms with Gasteiger partial charge in [0, 0.05) is 35.2 Å². The van der Waals surface area contributed by atoms with E-state index in [1.807, 2.05) is 30.3 Å². The first-order chi connectivity index (χ1) is 14.9. The van der Waals surface area contributed by atoms with Gasteiger partial charge in [0.2, 0.25) is 0 Å². The van der Waals surface area contributed by atoms with Crippen LogP contribution in [0.25, 0.3) is 0 Å². The standard InChI is InChI=1S/C25H25NO5/c1-14-22(25(29)31-3)23(15-7-6-8-17(27)11-15)24-19(26-14)12-16(13-20(24)28)18-9-4-5-10-21(18)30-2/h4-11,16,22-23,27H,12-13H2,1-3H3/t16-,22?,23+/m1/s1. The third kappa shape index (κ3) is 3.74. The number of phenolic OH excluding ortho intramolecular Hbond substituents is 1. The number of ketones is 1. The molecule has 0 radical (unpaired) electrons. The number of esters is 1. The van der Waals surface area contributed by atoms with Crippen LogP contribution in [-0.2, 0) is 14.3 Å². The van der Waals surface area contributed by atoms with E-state index in [1.165, 1.54) is 7.11 Å². The predicted octanol–water partition coefficient (Wildman–Crippen LogP) is 4.15. The highest BCUT2D eigenvalue weighted by Gasteiger charge is 2.44. The van der Waals surface area contributed by atoms with E-state index in [0.29, 0.717) is 35.4 Å². The van der Waals surface area contributed by atoms with E-state index in [4.69, 9.17) is 14.5 Å². The summed E-state index contributed by atoms with van der Waals surface area (Å²) >= 11 is 0. The van der Waals surface area contributed by atoms with Crippen LogP contribution in [0.1, 0.15) is 42.7 Å². The second-order valence-electron chi connectivity index (χ2n) is 7.96. The molecule has 3 atom stereocenters. The number of ether oxygens (including phenoxy) is 2. The lowest BCUT2D eigenvalue weighted by molar-refractivity contribution is -0.143. The number of nitrogens with zero attached hydrogens (tertiary/aromatic N) is 1. The van der Waals surface area contributed by atoms with Crippen molar-refractivity contribution in [2.45, 2.75) is 31.6 Å². The smallest absolute Gasteiger partial charge is 0.315 e. The number of rotatable bonds is 4. The fraction of sp³-hybridized carbons (Fsp3) is 0.320. The van der Waals surface area contributed by atoms with Crippen molar-refractivity contribution in [3.63, 3.8) is 0 Å². The minimum absolute atomic E-state index is 0.0457. The number of methoxy groups -OCH3 is 2. The zero-order chi connectivity index (χ0) is 22.1. The number of para-hydroxylation sites is 1. The zero-order valence-corrected chi connectivity index (χ0v) is 17.8. The summed E-state index contributed by atoms with van der Waals surface area (Å²) in [5, 5.41) is 10.0. The number of Topliss-reactive ketones (excluding diaryl/α,β-unsaturated/α-hetero) is 1. The van der Waals surface area contributed by atoms with E-state index < -0.39 is 17.8 Å². The van der Waals surface area contributed by atoms with E-state index in [0.717, 1.165) is 11.3 Å². The van der Waals surface area contributed by atoms with Gasteiger partial charge in [0.05, 0.1) is 14.2 Å². The van der Waals surface area contributed by atoms with Crippen LogP contribution >= 0.6 is 0 Å². The van der Waals surface area contributed by atoms with Crippen molar-refractivity contribution in [2.75, 3.05) is 14.2 Å². The van der Waals surface area contributed by atoms with Crippen molar-refractivity contribution in [1.29, 1.82) is 0 Å². The molecule has 0 bridgehead atoms. The zero-order valence-electron chi connectivity index (χ0n) is 17.8. The first-order valence-electron chi connectivity index (χ1n) is 10.3. The van der Waals surface area contributed by atoms with Gasteiger partial charge in [-0.2, -0.15) is 0 Å². The summed E-state index contributed by atoms with van der Waals surface area (Å²) in [7, 11) is 2.95. The lowest BCUT2D eigenvalue weighted by Crippen LogP contribution is -2.37. The maximum atomic E-state index is 13.5. The average Bonchev–Trinajstić information content (AvgIpc) is 2.77. The fourth-order valence-electron chi connectivity index (χ4n) is 4.79. The Morgan fingerprint density at radius 2 is 1.87 bits per heavy atom. The molecule has 0 saturated carbocycles. The molecule has 0 fully saturated rings. The van der Waals surface area contributed by atoms with Crippen LogP contribution in [0.4, 0.5) is 0 Å². The summed E-state index contributed by atoms with van der Waals surface area (Å²) in [6.07, 6.45) is 0.874. The van der Waals surface area contributed by atoms with Gasteiger partial charge in [0.25, 0.3) is 0 Å². The summed E-state index contributed by atoms with van der Waals surface area (Å²) < 4.78 is 10.6. The van der Waals surface area contributed by atoms with E-state index in [2.05, 4.69) is 0 Å². The van der Waals surface area contributed by atoms with Gasteiger partial charge in [-0.1, -0.05) is 30.3 Å². The number of carbonyl (C=O) groups is 2. The van der Waals surface area contributed by atoms with E-state index >= 15 is 0 Å². The molecule has 160 valence electrons. The van der Waals surface area contributed by atoms with Crippen LogP contribution < -0.4 is 4.74 Å². The van der Waals surface area contributed by atoms with Gasteiger partial charge in [-0.15, -0.1) is 0 Å². The summed E-state index contributed by atoms with van der Waals surface area (Å²) in [6.45, 7) is 1.79. The van der Waals surface area contributed by atoms with Gasteiger partial charge in [0.1, 0.15) is 17.4 Å². The Balaban J connectivity index is 1.83. The molecular weight excluding hydrogens is 394 g/mol. The summed E-state index contributed by atoms with van der Waals surface area (Å²) in [6, 6.07) is 14.4. The van der Waals surface area contributed by atoms with Crippen LogP contribution in [-0.4, -0.2) is 36.8 Å². The normalized spacial score (nSPS) is 23.1. The van der Waals surface area contributed by atoms with Gasteiger partial charge >= 0.3 is 5.97 Å². The Hall–Kier alpha value is -3.41. The van der Waals surface area contributed by atoms with Gasteiger partial charge in [0.15, 0.2) is 5.78 Å². The molecule has 2 aliphatic rings. The Labute approximate surface area is 181 Å². The molecule has 2 aromatic rings. The fourth-order valence-corrected chi connectivity index (χ4v) is 4.79. The van der Waals surface area contributed by atoms with Crippen molar-refractivity contribution in [3.8, 4) is 11.5 Å². The molecule has 6 nitrogen and oxygen atoms in total. The predicted molar refractivity (Wildman–Crippen MR) is 116 cm³/mol. The lowest BCUT2D eigenvalue weighted by Gasteiger charge is -2.36. The quantitative estimate of drug-likeness (QED) is 0.753. The molecule has 31 heavy (non-hydrogen) atoms. The number of hydrogen-bond donors (Lipinski definition) is 1. The van der Waals surface area contributed by atoms with Gasteiger partial charge in [-0.25, -0.2) is 0 Å².